The molecule has 96 valence electrons. The fourth-order valence-corrected chi connectivity index (χ4v) is 3.04. The fraction of sp³-hybridized carbons (Fsp3) is 0.500. The van der Waals surface area contributed by atoms with Gasteiger partial charge in [0.2, 0.25) is 0 Å². The number of furan rings is 1. The molecule has 0 bridgehead atoms. The van der Waals surface area contributed by atoms with E-state index in [2.05, 4.69) is 11.9 Å². The average molecular weight is 263 g/mol. The Hall–Kier alpha value is -1.13. The van der Waals surface area contributed by atoms with Crippen LogP contribution in [-0.2, 0) is 6.42 Å². The zero-order chi connectivity index (χ0) is 12.7. The second-order valence-corrected chi connectivity index (χ2v) is 6.10. The number of thiazole rings is 1. The van der Waals surface area contributed by atoms with Gasteiger partial charge in [-0.2, -0.15) is 0 Å². The van der Waals surface area contributed by atoms with E-state index in [9.17, 15) is 5.11 Å². The molecule has 1 fully saturated rings. The molecule has 3 nitrogen and oxygen atoms in total. The highest BCUT2D eigenvalue weighted by Crippen LogP contribution is 2.47. The Kier molecular flexibility index (Phi) is 2.99. The summed E-state index contributed by atoms with van der Waals surface area (Å²) >= 11 is 1.59. The Morgan fingerprint density at radius 1 is 1.56 bits per heavy atom. The molecule has 2 aromatic heterocycles. The van der Waals surface area contributed by atoms with Crippen LogP contribution in [0, 0.1) is 12.8 Å². The number of hydrogen-bond acceptors (Lipinski definition) is 4. The van der Waals surface area contributed by atoms with Crippen molar-refractivity contribution in [1.82, 2.24) is 4.98 Å². The van der Waals surface area contributed by atoms with E-state index in [1.54, 1.807) is 11.3 Å². The van der Waals surface area contributed by atoms with Crippen LogP contribution in [0.3, 0.4) is 0 Å². The molecule has 0 spiro atoms. The highest BCUT2D eigenvalue weighted by molar-refractivity contribution is 7.09. The topological polar surface area (TPSA) is 46.3 Å². The highest BCUT2D eigenvalue weighted by Gasteiger charge is 2.36. The van der Waals surface area contributed by atoms with Gasteiger partial charge in [-0.3, -0.25) is 0 Å². The number of aromatic nitrogens is 1. The van der Waals surface area contributed by atoms with E-state index in [4.69, 9.17) is 4.42 Å². The van der Waals surface area contributed by atoms with Crippen LogP contribution in [0.5, 0.6) is 0 Å². The van der Waals surface area contributed by atoms with Gasteiger partial charge in [-0.1, -0.05) is 6.92 Å². The summed E-state index contributed by atoms with van der Waals surface area (Å²) in [5.41, 5.74) is 1.01. The maximum Gasteiger partial charge on any atom is 0.133 e. The predicted molar refractivity (Wildman–Crippen MR) is 70.7 cm³/mol. The van der Waals surface area contributed by atoms with Crippen LogP contribution in [0.15, 0.2) is 21.9 Å². The summed E-state index contributed by atoms with van der Waals surface area (Å²) < 4.78 is 5.75. The summed E-state index contributed by atoms with van der Waals surface area (Å²) in [5, 5.41) is 13.1. The first-order chi connectivity index (χ1) is 8.63. The van der Waals surface area contributed by atoms with Crippen molar-refractivity contribution in [2.45, 2.75) is 38.7 Å². The molecule has 0 saturated heterocycles. The van der Waals surface area contributed by atoms with Gasteiger partial charge < -0.3 is 9.52 Å². The lowest BCUT2D eigenvalue weighted by Gasteiger charge is -2.05. The number of aryl methyl sites for hydroxylation is 1. The Balaban J connectivity index is 1.68. The molecule has 4 heteroatoms. The number of nitrogens with zero attached hydrogens (tertiary/aromatic N) is 1. The van der Waals surface area contributed by atoms with Crippen molar-refractivity contribution < 1.29 is 9.52 Å². The smallest absolute Gasteiger partial charge is 0.133 e. The monoisotopic (exact) mass is 263 g/mol. The van der Waals surface area contributed by atoms with Crippen molar-refractivity contribution in [3.63, 3.8) is 0 Å². The molecule has 0 radical (unpaired) electrons. The largest absolute Gasteiger partial charge is 0.463 e. The van der Waals surface area contributed by atoms with Gasteiger partial charge in [-0.15, -0.1) is 11.3 Å². The first kappa shape index (κ1) is 11.9. The summed E-state index contributed by atoms with van der Waals surface area (Å²) in [7, 11) is 0. The zero-order valence-electron chi connectivity index (χ0n) is 10.6. The minimum Gasteiger partial charge on any atom is -0.463 e. The van der Waals surface area contributed by atoms with Crippen LogP contribution in [0.1, 0.15) is 47.6 Å². The van der Waals surface area contributed by atoms with Crippen molar-refractivity contribution >= 4 is 11.3 Å². The van der Waals surface area contributed by atoms with Crippen molar-refractivity contribution in [3.05, 3.63) is 39.7 Å². The molecule has 2 heterocycles. The molecule has 0 aromatic carbocycles. The fourth-order valence-electron chi connectivity index (χ4n) is 2.23. The van der Waals surface area contributed by atoms with Crippen LogP contribution >= 0.6 is 11.3 Å². The van der Waals surface area contributed by atoms with Crippen molar-refractivity contribution in [1.29, 1.82) is 0 Å². The molecule has 3 unspecified atom stereocenters. The quantitative estimate of drug-likeness (QED) is 0.919. The minimum absolute atomic E-state index is 0.533. The minimum atomic E-state index is -0.585. The van der Waals surface area contributed by atoms with Crippen molar-refractivity contribution in [3.8, 4) is 0 Å². The third-order valence-electron chi connectivity index (χ3n) is 3.49. The maximum absolute atomic E-state index is 10.1. The summed E-state index contributed by atoms with van der Waals surface area (Å²) in [5.74, 6) is 2.97. The lowest BCUT2D eigenvalue weighted by atomic mass is 10.2. The van der Waals surface area contributed by atoms with E-state index in [1.165, 1.54) is 6.42 Å². The zero-order valence-corrected chi connectivity index (χ0v) is 11.4. The van der Waals surface area contributed by atoms with E-state index in [-0.39, 0.29) is 0 Å². The number of aliphatic hydroxyl groups excluding tert-OH is 1. The molecule has 3 atom stereocenters. The molecule has 1 aliphatic carbocycles. The van der Waals surface area contributed by atoms with E-state index in [0.717, 1.165) is 22.4 Å². The Morgan fingerprint density at radius 2 is 2.33 bits per heavy atom. The molecule has 2 aromatic rings. The molecule has 1 saturated carbocycles. The summed E-state index contributed by atoms with van der Waals surface area (Å²) in [4.78, 5) is 4.36. The molecule has 0 aliphatic heterocycles. The molecule has 1 aliphatic rings. The van der Waals surface area contributed by atoms with Crippen molar-refractivity contribution in [2.24, 2.45) is 5.92 Å². The predicted octanol–water partition coefficient (Wildman–Crippen LogP) is 3.44. The lowest BCUT2D eigenvalue weighted by molar-refractivity contribution is 0.148. The van der Waals surface area contributed by atoms with Crippen LogP contribution in [-0.4, -0.2) is 10.1 Å². The highest BCUT2D eigenvalue weighted by atomic mass is 32.1. The normalized spacial score (nSPS) is 24.2. The Bertz CT molecular complexity index is 545. The summed E-state index contributed by atoms with van der Waals surface area (Å²) in [6.07, 6.45) is 1.15. The lowest BCUT2D eigenvalue weighted by Crippen LogP contribution is -2.00. The van der Waals surface area contributed by atoms with Gasteiger partial charge in [0.05, 0.1) is 5.01 Å². The Labute approximate surface area is 110 Å². The van der Waals surface area contributed by atoms with Gasteiger partial charge in [-0.05, 0) is 31.4 Å². The number of rotatable bonds is 4. The van der Waals surface area contributed by atoms with Crippen LogP contribution < -0.4 is 0 Å². The van der Waals surface area contributed by atoms with Crippen LogP contribution in [0.25, 0.3) is 0 Å². The molecular weight excluding hydrogens is 246 g/mol. The van der Waals surface area contributed by atoms with E-state index < -0.39 is 6.10 Å². The van der Waals surface area contributed by atoms with Gasteiger partial charge >= 0.3 is 0 Å². The first-order valence-corrected chi connectivity index (χ1v) is 7.20. The first-order valence-electron chi connectivity index (χ1n) is 6.32. The van der Waals surface area contributed by atoms with Gasteiger partial charge in [-0.25, -0.2) is 4.98 Å². The molecule has 3 rings (SSSR count). The number of aliphatic hydroxyl groups is 1. The van der Waals surface area contributed by atoms with Gasteiger partial charge in [0.15, 0.2) is 0 Å². The summed E-state index contributed by atoms with van der Waals surface area (Å²) in [6.45, 7) is 4.19. The molecule has 1 N–H and O–H groups in total. The Morgan fingerprint density at radius 3 is 2.94 bits per heavy atom. The van der Waals surface area contributed by atoms with E-state index in [1.807, 2.05) is 24.4 Å². The van der Waals surface area contributed by atoms with Crippen LogP contribution in [0.4, 0.5) is 0 Å². The standard InChI is InChI=1S/C14H17NO2S/c1-8-5-10(8)12-3-4-13(17-12)11(16)6-14-15-9(2)7-18-14/h3-4,7-8,10-11,16H,5-6H2,1-2H3. The molecular formula is C14H17NO2S. The van der Waals surface area contributed by atoms with Crippen LogP contribution in [0.2, 0.25) is 0 Å². The second-order valence-electron chi connectivity index (χ2n) is 5.16. The average Bonchev–Trinajstić information content (AvgIpc) is 2.79. The van der Waals surface area contributed by atoms with Gasteiger partial charge in [0.25, 0.3) is 0 Å². The number of hydrogen-bond donors (Lipinski definition) is 1. The third kappa shape index (κ3) is 2.35. The molecule has 18 heavy (non-hydrogen) atoms. The third-order valence-corrected chi connectivity index (χ3v) is 4.47. The van der Waals surface area contributed by atoms with E-state index >= 15 is 0 Å². The van der Waals surface area contributed by atoms with Crippen molar-refractivity contribution in [2.75, 3.05) is 0 Å². The molecule has 0 amide bonds. The van der Waals surface area contributed by atoms with Gasteiger partial charge in [0, 0.05) is 23.4 Å². The van der Waals surface area contributed by atoms with Gasteiger partial charge in [0.1, 0.15) is 17.6 Å². The summed E-state index contributed by atoms with van der Waals surface area (Å²) in [6, 6.07) is 3.89. The van der Waals surface area contributed by atoms with E-state index in [0.29, 0.717) is 18.1 Å². The maximum atomic E-state index is 10.1. The SMILES string of the molecule is Cc1csc(CC(O)c2ccc(C3CC3C)o2)n1. The second kappa shape index (κ2) is 4.52.